The molecule has 4 nitrogen and oxygen atoms in total. The standard InChI is InChI=1S/C17H28N2O2/c1-4-21-16-8-6-5-7-14(16)15(18)11-19-10-9-13(2)17(12-19)20-3/h5-8,13,15,17H,4,9-12,18H2,1-3H3. The van der Waals surface area contributed by atoms with Gasteiger partial charge in [0, 0.05) is 31.8 Å². The van der Waals surface area contributed by atoms with Crippen LogP contribution in [0, 0.1) is 5.92 Å². The minimum absolute atomic E-state index is 0.0290. The summed E-state index contributed by atoms with van der Waals surface area (Å²) in [6.45, 7) is 7.81. The van der Waals surface area contributed by atoms with Gasteiger partial charge in [0.25, 0.3) is 0 Å². The summed E-state index contributed by atoms with van der Waals surface area (Å²) in [5, 5.41) is 0. The Morgan fingerprint density at radius 2 is 2.14 bits per heavy atom. The molecule has 0 aromatic heterocycles. The molecule has 2 rings (SSSR count). The molecular weight excluding hydrogens is 264 g/mol. The van der Waals surface area contributed by atoms with E-state index in [9.17, 15) is 0 Å². The van der Waals surface area contributed by atoms with Crippen LogP contribution >= 0.6 is 0 Å². The molecule has 1 aromatic carbocycles. The lowest BCUT2D eigenvalue weighted by atomic mass is 9.95. The van der Waals surface area contributed by atoms with Gasteiger partial charge in [0.2, 0.25) is 0 Å². The zero-order chi connectivity index (χ0) is 15.2. The molecule has 4 heteroatoms. The van der Waals surface area contributed by atoms with Crippen molar-refractivity contribution >= 4 is 0 Å². The van der Waals surface area contributed by atoms with Crippen LogP contribution in [0.2, 0.25) is 0 Å². The predicted molar refractivity (Wildman–Crippen MR) is 85.6 cm³/mol. The van der Waals surface area contributed by atoms with Crippen molar-refractivity contribution in [3.63, 3.8) is 0 Å². The van der Waals surface area contributed by atoms with Crippen LogP contribution in [0.1, 0.15) is 31.9 Å². The molecule has 1 aliphatic heterocycles. The molecule has 0 amide bonds. The van der Waals surface area contributed by atoms with Crippen molar-refractivity contribution in [1.29, 1.82) is 0 Å². The summed E-state index contributed by atoms with van der Waals surface area (Å²) in [5.41, 5.74) is 7.51. The number of nitrogens with zero attached hydrogens (tertiary/aromatic N) is 1. The maximum Gasteiger partial charge on any atom is 0.124 e. The third-order valence-corrected chi connectivity index (χ3v) is 4.35. The second kappa shape index (κ2) is 7.78. The zero-order valence-electron chi connectivity index (χ0n) is 13.4. The highest BCUT2D eigenvalue weighted by atomic mass is 16.5. The van der Waals surface area contributed by atoms with Gasteiger partial charge in [-0.25, -0.2) is 0 Å². The van der Waals surface area contributed by atoms with Crippen molar-refractivity contribution in [3.8, 4) is 5.75 Å². The normalized spacial score (nSPS) is 24.8. The van der Waals surface area contributed by atoms with E-state index in [1.54, 1.807) is 7.11 Å². The molecule has 3 unspecified atom stereocenters. The van der Waals surface area contributed by atoms with Gasteiger partial charge < -0.3 is 15.2 Å². The van der Waals surface area contributed by atoms with Gasteiger partial charge in [0.05, 0.1) is 12.7 Å². The number of methoxy groups -OCH3 is 1. The SMILES string of the molecule is CCOc1ccccc1C(N)CN1CCC(C)C(OC)C1. The van der Waals surface area contributed by atoms with Gasteiger partial charge in [0.15, 0.2) is 0 Å². The molecule has 21 heavy (non-hydrogen) atoms. The minimum Gasteiger partial charge on any atom is -0.494 e. The summed E-state index contributed by atoms with van der Waals surface area (Å²) in [5.74, 6) is 1.53. The monoisotopic (exact) mass is 292 g/mol. The van der Waals surface area contributed by atoms with Gasteiger partial charge in [-0.05, 0) is 31.9 Å². The molecule has 1 fully saturated rings. The zero-order valence-corrected chi connectivity index (χ0v) is 13.4. The van der Waals surface area contributed by atoms with Crippen LogP contribution in [0.25, 0.3) is 0 Å². The lowest BCUT2D eigenvalue weighted by molar-refractivity contribution is -0.00649. The Bertz CT molecular complexity index is 439. The fourth-order valence-electron chi connectivity index (χ4n) is 3.02. The number of ether oxygens (including phenoxy) is 2. The molecule has 2 N–H and O–H groups in total. The molecule has 0 aliphatic carbocycles. The quantitative estimate of drug-likeness (QED) is 0.875. The Kier molecular flexibility index (Phi) is 6.03. The average molecular weight is 292 g/mol. The summed E-state index contributed by atoms with van der Waals surface area (Å²) in [4.78, 5) is 2.40. The fraction of sp³-hybridized carbons (Fsp3) is 0.647. The van der Waals surface area contributed by atoms with Gasteiger partial charge in [0.1, 0.15) is 5.75 Å². The van der Waals surface area contributed by atoms with Crippen molar-refractivity contribution in [2.75, 3.05) is 33.4 Å². The summed E-state index contributed by atoms with van der Waals surface area (Å²) in [7, 11) is 1.80. The Balaban J connectivity index is 1.99. The number of nitrogens with two attached hydrogens (primary N) is 1. The first kappa shape index (κ1) is 16.3. The number of hydrogen-bond acceptors (Lipinski definition) is 4. The van der Waals surface area contributed by atoms with E-state index in [4.69, 9.17) is 15.2 Å². The number of piperidine rings is 1. The van der Waals surface area contributed by atoms with E-state index in [-0.39, 0.29) is 6.04 Å². The molecule has 3 atom stereocenters. The van der Waals surface area contributed by atoms with E-state index in [1.807, 2.05) is 25.1 Å². The van der Waals surface area contributed by atoms with Crippen LogP contribution < -0.4 is 10.5 Å². The first-order chi connectivity index (χ1) is 10.2. The van der Waals surface area contributed by atoms with Crippen molar-refractivity contribution in [1.82, 2.24) is 4.90 Å². The van der Waals surface area contributed by atoms with Crippen LogP contribution in [0.3, 0.4) is 0 Å². The molecule has 1 aromatic rings. The summed E-state index contributed by atoms with van der Waals surface area (Å²) < 4.78 is 11.3. The van der Waals surface area contributed by atoms with Crippen LogP contribution in [0.4, 0.5) is 0 Å². The molecule has 0 radical (unpaired) electrons. The molecule has 0 bridgehead atoms. The number of para-hydroxylation sites is 1. The molecule has 0 spiro atoms. The van der Waals surface area contributed by atoms with Crippen molar-refractivity contribution < 1.29 is 9.47 Å². The Morgan fingerprint density at radius 3 is 2.86 bits per heavy atom. The van der Waals surface area contributed by atoms with Gasteiger partial charge >= 0.3 is 0 Å². The Hall–Kier alpha value is -1.10. The second-order valence-corrected chi connectivity index (χ2v) is 5.88. The maximum atomic E-state index is 6.42. The van der Waals surface area contributed by atoms with E-state index >= 15 is 0 Å². The molecule has 0 saturated carbocycles. The number of hydrogen-bond donors (Lipinski definition) is 1. The summed E-state index contributed by atoms with van der Waals surface area (Å²) >= 11 is 0. The summed E-state index contributed by atoms with van der Waals surface area (Å²) in [6.07, 6.45) is 1.48. The lowest BCUT2D eigenvalue weighted by Gasteiger charge is -2.37. The minimum atomic E-state index is -0.0290. The molecule has 1 aliphatic rings. The van der Waals surface area contributed by atoms with Gasteiger partial charge in [-0.2, -0.15) is 0 Å². The molecular formula is C17H28N2O2. The molecule has 1 heterocycles. The highest BCUT2D eigenvalue weighted by molar-refractivity contribution is 5.36. The van der Waals surface area contributed by atoms with E-state index in [1.165, 1.54) is 6.42 Å². The number of benzene rings is 1. The highest BCUT2D eigenvalue weighted by Gasteiger charge is 2.27. The third kappa shape index (κ3) is 4.19. The third-order valence-electron chi connectivity index (χ3n) is 4.35. The average Bonchev–Trinajstić information content (AvgIpc) is 2.50. The molecule has 118 valence electrons. The topological polar surface area (TPSA) is 47.7 Å². The predicted octanol–water partition coefficient (Wildman–Crippen LogP) is 2.44. The van der Waals surface area contributed by atoms with E-state index < -0.39 is 0 Å². The number of likely N-dealkylation sites (tertiary alicyclic amines) is 1. The molecule has 1 saturated heterocycles. The van der Waals surface area contributed by atoms with Crippen LogP contribution in [0.15, 0.2) is 24.3 Å². The van der Waals surface area contributed by atoms with E-state index in [0.717, 1.165) is 30.9 Å². The van der Waals surface area contributed by atoms with Crippen LogP contribution in [-0.4, -0.2) is 44.4 Å². The van der Waals surface area contributed by atoms with E-state index in [2.05, 4.69) is 17.9 Å². The van der Waals surface area contributed by atoms with Gasteiger partial charge in [-0.1, -0.05) is 25.1 Å². The van der Waals surface area contributed by atoms with E-state index in [0.29, 0.717) is 18.6 Å². The van der Waals surface area contributed by atoms with Crippen molar-refractivity contribution in [2.45, 2.75) is 32.4 Å². The Labute approximate surface area is 128 Å². The fourth-order valence-corrected chi connectivity index (χ4v) is 3.02. The second-order valence-electron chi connectivity index (χ2n) is 5.88. The lowest BCUT2D eigenvalue weighted by Crippen LogP contribution is -2.46. The van der Waals surface area contributed by atoms with Crippen LogP contribution in [0.5, 0.6) is 5.75 Å². The number of rotatable bonds is 6. The highest BCUT2D eigenvalue weighted by Crippen LogP contribution is 2.26. The maximum absolute atomic E-state index is 6.42. The van der Waals surface area contributed by atoms with Gasteiger partial charge in [-0.15, -0.1) is 0 Å². The first-order valence-corrected chi connectivity index (χ1v) is 7.88. The van der Waals surface area contributed by atoms with Crippen molar-refractivity contribution in [3.05, 3.63) is 29.8 Å². The largest absolute Gasteiger partial charge is 0.494 e. The Morgan fingerprint density at radius 1 is 1.38 bits per heavy atom. The van der Waals surface area contributed by atoms with Crippen molar-refractivity contribution in [2.24, 2.45) is 11.7 Å². The van der Waals surface area contributed by atoms with Crippen LogP contribution in [-0.2, 0) is 4.74 Å². The van der Waals surface area contributed by atoms with Gasteiger partial charge in [-0.3, -0.25) is 4.90 Å². The summed E-state index contributed by atoms with van der Waals surface area (Å²) in [6, 6.07) is 8.04. The smallest absolute Gasteiger partial charge is 0.124 e. The first-order valence-electron chi connectivity index (χ1n) is 7.88.